The molecule has 1 saturated carbocycles. The fourth-order valence-corrected chi connectivity index (χ4v) is 7.94. The molecule has 3 aliphatic carbocycles. The molecule has 1 aromatic heterocycles. The second kappa shape index (κ2) is 12.9. The summed E-state index contributed by atoms with van der Waals surface area (Å²) in [6, 6.07) is 7.75. The van der Waals surface area contributed by atoms with Gasteiger partial charge in [-0.3, -0.25) is 14.4 Å². The third kappa shape index (κ3) is 5.65. The highest BCUT2D eigenvalue weighted by Gasteiger charge is 2.52. The maximum atomic E-state index is 13.4. The third-order valence-corrected chi connectivity index (χ3v) is 10.5. The molecule has 4 aliphatic rings. The van der Waals surface area contributed by atoms with Crippen LogP contribution in [0.5, 0.6) is 0 Å². The first kappa shape index (κ1) is 30.6. The Balaban J connectivity index is 1.44. The van der Waals surface area contributed by atoms with Crippen LogP contribution < -0.4 is 16.0 Å². The molecule has 2 fully saturated rings. The number of nitriles is 1. The quantitative estimate of drug-likeness (QED) is 0.334. The summed E-state index contributed by atoms with van der Waals surface area (Å²) >= 11 is 0. The van der Waals surface area contributed by atoms with Crippen molar-refractivity contribution in [3.63, 3.8) is 0 Å². The average molecular weight is 612 g/mol. The fourth-order valence-electron chi connectivity index (χ4n) is 7.94. The number of nitrogens with zero attached hydrogens (tertiary/aromatic N) is 5. The third-order valence-electron chi connectivity index (χ3n) is 10.5. The number of amides is 3. The van der Waals surface area contributed by atoms with Crippen LogP contribution in [0.15, 0.2) is 42.0 Å². The number of allylic oxidation sites excluding steroid dienone is 2. The van der Waals surface area contributed by atoms with Gasteiger partial charge in [-0.05, 0) is 90.5 Å². The lowest BCUT2D eigenvalue weighted by molar-refractivity contribution is -0.130. The monoisotopic (exact) mass is 611 g/mol. The number of hydrogen-bond acceptors (Lipinski definition) is 8. The van der Waals surface area contributed by atoms with E-state index in [0.717, 1.165) is 43.2 Å². The Kier molecular flexibility index (Phi) is 8.81. The van der Waals surface area contributed by atoms with Gasteiger partial charge in [-0.15, -0.1) is 5.10 Å². The van der Waals surface area contributed by atoms with Crippen LogP contribution in [0.2, 0.25) is 0 Å². The number of carbonyl (C=O) groups is 3. The first-order valence-electron chi connectivity index (χ1n) is 16.0. The van der Waals surface area contributed by atoms with Gasteiger partial charge in [-0.1, -0.05) is 30.7 Å². The summed E-state index contributed by atoms with van der Waals surface area (Å²) in [6.07, 6.45) is 13.0. The number of fused-ring (bicyclic) bond motifs is 2. The van der Waals surface area contributed by atoms with Gasteiger partial charge in [0.2, 0.25) is 5.91 Å². The van der Waals surface area contributed by atoms with E-state index in [1.54, 1.807) is 19.0 Å². The van der Waals surface area contributed by atoms with Gasteiger partial charge in [0, 0.05) is 43.7 Å². The molecule has 45 heavy (non-hydrogen) atoms. The van der Waals surface area contributed by atoms with E-state index in [9.17, 15) is 19.6 Å². The Bertz CT molecular complexity index is 1540. The number of aryl methyl sites for hydroxylation is 1. The van der Waals surface area contributed by atoms with Crippen molar-refractivity contribution in [3.05, 3.63) is 64.5 Å². The Labute approximate surface area is 263 Å². The Morgan fingerprint density at radius 3 is 2.64 bits per heavy atom. The van der Waals surface area contributed by atoms with Gasteiger partial charge < -0.3 is 20.9 Å². The number of nitrogens with one attached hydrogen (secondary N) is 4. The first-order chi connectivity index (χ1) is 21.9. The molecule has 3 amide bonds. The summed E-state index contributed by atoms with van der Waals surface area (Å²) in [6.45, 7) is 0.757. The molecule has 0 bridgehead atoms. The Morgan fingerprint density at radius 1 is 1.13 bits per heavy atom. The normalized spacial score (nSPS) is 26.4. The van der Waals surface area contributed by atoms with E-state index in [4.69, 9.17) is 0 Å². The molecule has 12 heteroatoms. The molecule has 1 saturated heterocycles. The van der Waals surface area contributed by atoms with Crippen LogP contribution >= 0.6 is 0 Å². The van der Waals surface area contributed by atoms with Gasteiger partial charge in [0.15, 0.2) is 5.82 Å². The summed E-state index contributed by atoms with van der Waals surface area (Å²) in [5.41, 5.74) is 2.55. The van der Waals surface area contributed by atoms with Crippen LogP contribution in [0.3, 0.4) is 0 Å². The first-order valence-corrected chi connectivity index (χ1v) is 16.0. The number of benzene rings is 1. The molecule has 2 aromatic rings. The Morgan fingerprint density at radius 2 is 1.96 bits per heavy atom. The molecule has 4 N–H and O–H groups in total. The van der Waals surface area contributed by atoms with Gasteiger partial charge in [-0.25, -0.2) is 5.10 Å². The lowest BCUT2D eigenvalue weighted by Crippen LogP contribution is -2.52. The number of aromatic nitrogens is 4. The van der Waals surface area contributed by atoms with Crippen molar-refractivity contribution in [1.82, 2.24) is 41.5 Å². The molecule has 5 atom stereocenters. The molecule has 1 aromatic carbocycles. The van der Waals surface area contributed by atoms with Crippen molar-refractivity contribution >= 4 is 17.7 Å². The minimum absolute atomic E-state index is 0.00656. The van der Waals surface area contributed by atoms with Gasteiger partial charge >= 0.3 is 0 Å². The summed E-state index contributed by atoms with van der Waals surface area (Å²) in [7, 11) is 3.26. The van der Waals surface area contributed by atoms with Crippen molar-refractivity contribution in [1.29, 1.82) is 5.26 Å². The van der Waals surface area contributed by atoms with Crippen LogP contribution in [0, 0.1) is 29.1 Å². The summed E-state index contributed by atoms with van der Waals surface area (Å²) < 4.78 is 0. The van der Waals surface area contributed by atoms with Crippen molar-refractivity contribution < 1.29 is 14.4 Å². The van der Waals surface area contributed by atoms with Gasteiger partial charge in [0.1, 0.15) is 6.04 Å². The van der Waals surface area contributed by atoms with Crippen LogP contribution in [-0.2, 0) is 21.4 Å². The fraction of sp³-hybridized carbons (Fsp3) is 0.545. The van der Waals surface area contributed by atoms with Crippen molar-refractivity contribution in [3.8, 4) is 6.07 Å². The number of likely N-dealkylation sites (tertiary alicyclic amines) is 1. The van der Waals surface area contributed by atoms with Gasteiger partial charge in [-0.2, -0.15) is 5.26 Å². The van der Waals surface area contributed by atoms with Crippen molar-refractivity contribution in [2.75, 3.05) is 27.2 Å². The highest BCUT2D eigenvalue weighted by atomic mass is 16.2. The Hall–Kier alpha value is -4.37. The number of H-pyrrole nitrogens is 1. The molecule has 236 valence electrons. The van der Waals surface area contributed by atoms with E-state index in [2.05, 4.69) is 54.8 Å². The second-order valence-corrected chi connectivity index (χ2v) is 12.7. The molecule has 6 rings (SSSR count). The lowest BCUT2D eigenvalue weighted by Gasteiger charge is -2.46. The predicted molar refractivity (Wildman–Crippen MR) is 165 cm³/mol. The maximum Gasteiger partial charge on any atom is 0.251 e. The number of hydrogen-bond donors (Lipinski definition) is 4. The van der Waals surface area contributed by atoms with Crippen LogP contribution in [-0.4, -0.2) is 82.5 Å². The zero-order chi connectivity index (χ0) is 31.6. The molecule has 0 radical (unpaired) electrons. The molecule has 0 spiro atoms. The minimum Gasteiger partial charge on any atom is -0.355 e. The number of aromatic amines is 1. The van der Waals surface area contributed by atoms with E-state index in [-0.39, 0.29) is 48.2 Å². The topological polar surface area (TPSA) is 169 Å². The van der Waals surface area contributed by atoms with E-state index < -0.39 is 5.41 Å². The van der Waals surface area contributed by atoms with Crippen LogP contribution in [0.4, 0.5) is 0 Å². The van der Waals surface area contributed by atoms with Crippen molar-refractivity contribution in [2.24, 2.45) is 17.8 Å². The number of rotatable bonds is 9. The highest BCUT2D eigenvalue weighted by molar-refractivity contribution is 5.96. The number of carbonyl (C=O) groups excluding carboxylic acids is 3. The van der Waals surface area contributed by atoms with E-state index in [0.29, 0.717) is 48.7 Å². The zero-order valence-electron chi connectivity index (χ0n) is 25.9. The maximum absolute atomic E-state index is 13.4. The van der Waals surface area contributed by atoms with Gasteiger partial charge in [0.25, 0.3) is 11.8 Å². The largest absolute Gasteiger partial charge is 0.355 e. The highest BCUT2D eigenvalue weighted by Crippen LogP contribution is 2.53. The predicted octanol–water partition coefficient (Wildman–Crippen LogP) is 1.93. The molecule has 12 nitrogen and oxygen atoms in total. The van der Waals surface area contributed by atoms with Crippen molar-refractivity contribution in [2.45, 2.75) is 68.9 Å². The molecule has 1 aliphatic heterocycles. The summed E-state index contributed by atoms with van der Waals surface area (Å²) in [5.74, 6) is 0.529. The summed E-state index contributed by atoms with van der Waals surface area (Å²) in [5, 5.41) is 34.4. The molecule has 2 heterocycles. The molecular weight excluding hydrogens is 570 g/mol. The molecular formula is C33H41N9O3. The SMILES string of the molecule is CNC(=O)C1=CC2CCc3cc(C(=O)NC)ccc3C(C[C@@H](NCC(=O)N3CCCC3C#N)C3CCC3)(c3nnn[nH]3)C2C=C1. The lowest BCUT2D eigenvalue weighted by atomic mass is 9.59. The average Bonchev–Trinajstić information content (AvgIpc) is 3.74. The number of tetrazole rings is 1. The van der Waals surface area contributed by atoms with Crippen LogP contribution in [0.25, 0.3) is 0 Å². The van der Waals surface area contributed by atoms with Crippen LogP contribution in [0.1, 0.15) is 72.3 Å². The molecule has 4 unspecified atom stereocenters. The second-order valence-electron chi connectivity index (χ2n) is 12.7. The van der Waals surface area contributed by atoms with E-state index >= 15 is 0 Å². The number of likely N-dealkylation sites (N-methyl/N-ethyl adjacent to an activating group) is 1. The minimum atomic E-state index is -0.748. The smallest absolute Gasteiger partial charge is 0.251 e. The zero-order valence-corrected chi connectivity index (χ0v) is 25.9. The van der Waals surface area contributed by atoms with E-state index in [1.807, 2.05) is 24.3 Å². The van der Waals surface area contributed by atoms with E-state index in [1.165, 1.54) is 0 Å². The van der Waals surface area contributed by atoms with Gasteiger partial charge in [0.05, 0.1) is 18.0 Å². The summed E-state index contributed by atoms with van der Waals surface area (Å²) in [4.78, 5) is 40.5. The standard InChI is InChI=1S/C33H41N9O3/c1-35-30(44)23-10-12-26-21(15-23)8-9-22-16-24(31(45)36-2)11-13-27(22)33(26,32-38-40-41-39-32)17-28(20-5-3-6-20)37-19-29(43)42-14-4-7-25(42)18-34/h10-13,15-16,20-21,25-26,28,37H,3-9,14,17,19H2,1-2H3,(H,35,44)(H,36,45)(H,38,39,40,41)/t21?,25?,26?,28-,33?/m1/s1.